The third-order valence-corrected chi connectivity index (χ3v) is 2.82. The average Bonchev–Trinajstić information content (AvgIpc) is 2.44. The molecule has 1 rings (SSSR count). The van der Waals surface area contributed by atoms with E-state index in [0.717, 1.165) is 5.56 Å². The molecule has 19 heavy (non-hydrogen) atoms. The minimum Gasteiger partial charge on any atom is -0.496 e. The number of methoxy groups -OCH3 is 1. The molecule has 0 heterocycles. The second kappa shape index (κ2) is 6.40. The molecule has 1 aromatic rings. The first-order chi connectivity index (χ1) is 8.93. The molecule has 0 fully saturated rings. The second-order valence-electron chi connectivity index (χ2n) is 4.92. The Kier molecular flexibility index (Phi) is 5.14. The van der Waals surface area contributed by atoms with Crippen molar-refractivity contribution in [3.63, 3.8) is 0 Å². The Labute approximate surface area is 112 Å². The molecule has 0 saturated heterocycles. The molecular formula is C13H21N3O3. The van der Waals surface area contributed by atoms with Crippen LogP contribution >= 0.6 is 0 Å². The lowest BCUT2D eigenvalue weighted by Gasteiger charge is -2.23. The Bertz CT molecular complexity index is 458. The smallest absolute Gasteiger partial charge is 0.173 e. The van der Waals surface area contributed by atoms with E-state index in [0.29, 0.717) is 17.9 Å². The molecule has 0 radical (unpaired) electrons. The van der Waals surface area contributed by atoms with Gasteiger partial charge in [-0.1, -0.05) is 11.2 Å². The van der Waals surface area contributed by atoms with Crippen molar-refractivity contribution in [1.82, 2.24) is 5.32 Å². The van der Waals surface area contributed by atoms with Gasteiger partial charge in [0, 0.05) is 12.1 Å². The molecule has 0 unspecified atom stereocenters. The fourth-order valence-electron chi connectivity index (χ4n) is 1.51. The van der Waals surface area contributed by atoms with Crippen LogP contribution in [0.25, 0.3) is 0 Å². The van der Waals surface area contributed by atoms with Crippen molar-refractivity contribution in [2.75, 3.05) is 13.7 Å². The molecule has 0 amide bonds. The highest BCUT2D eigenvalue weighted by Crippen LogP contribution is 2.20. The number of rotatable bonds is 6. The van der Waals surface area contributed by atoms with Gasteiger partial charge in [0.25, 0.3) is 0 Å². The average molecular weight is 267 g/mol. The summed E-state index contributed by atoms with van der Waals surface area (Å²) in [6.07, 6.45) is 0. The van der Waals surface area contributed by atoms with E-state index in [2.05, 4.69) is 10.5 Å². The Morgan fingerprint density at radius 3 is 2.68 bits per heavy atom. The molecule has 6 nitrogen and oxygen atoms in total. The third kappa shape index (κ3) is 4.11. The van der Waals surface area contributed by atoms with Crippen molar-refractivity contribution in [2.24, 2.45) is 10.9 Å². The number of ether oxygens (including phenoxy) is 1. The quantitative estimate of drug-likeness (QED) is 0.262. The van der Waals surface area contributed by atoms with E-state index >= 15 is 0 Å². The second-order valence-corrected chi connectivity index (χ2v) is 4.92. The fraction of sp³-hybridized carbons (Fsp3) is 0.462. The van der Waals surface area contributed by atoms with Gasteiger partial charge in [-0.15, -0.1) is 0 Å². The Morgan fingerprint density at radius 1 is 1.47 bits per heavy atom. The van der Waals surface area contributed by atoms with E-state index in [4.69, 9.17) is 15.7 Å². The van der Waals surface area contributed by atoms with Crippen LogP contribution in [0.5, 0.6) is 5.75 Å². The number of hydrogen-bond donors (Lipinski definition) is 4. The molecular weight excluding hydrogens is 246 g/mol. The Hall–Kier alpha value is -1.79. The van der Waals surface area contributed by atoms with Gasteiger partial charge in [0.15, 0.2) is 5.84 Å². The Morgan fingerprint density at radius 2 is 2.16 bits per heavy atom. The highest BCUT2D eigenvalue weighted by atomic mass is 16.5. The minimum atomic E-state index is -0.350. The monoisotopic (exact) mass is 267 g/mol. The number of aliphatic hydroxyl groups is 1. The standard InChI is InChI=1S/C13H21N3O3/c1-13(2,8-17)15-7-9-4-5-10(12(14)16-18)11(6-9)19-3/h4-6,15,17-18H,7-8H2,1-3H3,(H2,14,16). The molecule has 0 aromatic heterocycles. The minimum absolute atomic E-state index is 0.00653. The van der Waals surface area contributed by atoms with Crippen LogP contribution in [0.1, 0.15) is 25.0 Å². The zero-order chi connectivity index (χ0) is 14.5. The molecule has 1 aromatic carbocycles. The van der Waals surface area contributed by atoms with E-state index < -0.39 is 0 Å². The lowest BCUT2D eigenvalue weighted by molar-refractivity contribution is 0.187. The number of oxime groups is 1. The molecule has 106 valence electrons. The van der Waals surface area contributed by atoms with Gasteiger partial charge in [-0.25, -0.2) is 0 Å². The van der Waals surface area contributed by atoms with Gasteiger partial charge >= 0.3 is 0 Å². The fourth-order valence-corrected chi connectivity index (χ4v) is 1.51. The van der Waals surface area contributed by atoms with Gasteiger partial charge in [-0.05, 0) is 31.5 Å². The van der Waals surface area contributed by atoms with Gasteiger partial charge in [-0.2, -0.15) is 0 Å². The summed E-state index contributed by atoms with van der Waals surface area (Å²) in [7, 11) is 1.53. The normalized spacial score (nSPS) is 12.5. The van der Waals surface area contributed by atoms with Crippen LogP contribution in [-0.4, -0.2) is 35.4 Å². The molecule has 5 N–H and O–H groups in total. The maximum atomic E-state index is 9.17. The molecule has 6 heteroatoms. The summed E-state index contributed by atoms with van der Waals surface area (Å²) in [5.41, 5.74) is 6.72. The Balaban J connectivity index is 2.89. The lowest BCUT2D eigenvalue weighted by Crippen LogP contribution is -2.42. The first-order valence-electron chi connectivity index (χ1n) is 5.94. The maximum absolute atomic E-state index is 9.17. The summed E-state index contributed by atoms with van der Waals surface area (Å²) >= 11 is 0. The third-order valence-electron chi connectivity index (χ3n) is 2.82. The summed E-state index contributed by atoms with van der Waals surface area (Å²) in [4.78, 5) is 0. The zero-order valence-corrected chi connectivity index (χ0v) is 11.5. The number of benzene rings is 1. The van der Waals surface area contributed by atoms with Crippen molar-refractivity contribution in [2.45, 2.75) is 25.9 Å². The van der Waals surface area contributed by atoms with Crippen LogP contribution in [0.3, 0.4) is 0 Å². The summed E-state index contributed by atoms with van der Waals surface area (Å²) in [6, 6.07) is 5.40. The van der Waals surface area contributed by atoms with Crippen LogP contribution < -0.4 is 15.8 Å². The molecule has 0 saturated carbocycles. The van der Waals surface area contributed by atoms with Gasteiger partial charge in [-0.3, -0.25) is 0 Å². The molecule has 0 aliphatic heterocycles. The number of nitrogens with two attached hydrogens (primary N) is 1. The summed E-state index contributed by atoms with van der Waals surface area (Å²) in [5, 5.41) is 24.0. The number of hydrogen-bond acceptors (Lipinski definition) is 5. The van der Waals surface area contributed by atoms with Gasteiger partial charge in [0.05, 0.1) is 19.3 Å². The maximum Gasteiger partial charge on any atom is 0.173 e. The van der Waals surface area contributed by atoms with Gasteiger partial charge in [0.2, 0.25) is 0 Å². The first-order valence-corrected chi connectivity index (χ1v) is 5.94. The van der Waals surface area contributed by atoms with Crippen molar-refractivity contribution < 1.29 is 15.1 Å². The van der Waals surface area contributed by atoms with E-state index in [-0.39, 0.29) is 18.0 Å². The summed E-state index contributed by atoms with van der Waals surface area (Å²) in [5.74, 6) is 0.545. The van der Waals surface area contributed by atoms with Crippen molar-refractivity contribution in [3.05, 3.63) is 29.3 Å². The van der Waals surface area contributed by atoms with Crippen LogP contribution in [0.15, 0.2) is 23.4 Å². The van der Waals surface area contributed by atoms with Gasteiger partial charge < -0.3 is 26.1 Å². The molecule has 0 bridgehead atoms. The van der Waals surface area contributed by atoms with E-state index in [1.165, 1.54) is 7.11 Å². The molecule has 0 atom stereocenters. The van der Waals surface area contributed by atoms with Crippen molar-refractivity contribution >= 4 is 5.84 Å². The highest BCUT2D eigenvalue weighted by molar-refractivity contribution is 5.99. The van der Waals surface area contributed by atoms with E-state index in [1.54, 1.807) is 6.07 Å². The highest BCUT2D eigenvalue weighted by Gasteiger charge is 2.15. The predicted molar refractivity (Wildman–Crippen MR) is 73.5 cm³/mol. The van der Waals surface area contributed by atoms with Crippen molar-refractivity contribution in [1.29, 1.82) is 0 Å². The summed E-state index contributed by atoms with van der Waals surface area (Å²) < 4.78 is 5.22. The van der Waals surface area contributed by atoms with E-state index in [1.807, 2.05) is 26.0 Å². The molecule has 0 spiro atoms. The van der Waals surface area contributed by atoms with Crippen LogP contribution in [-0.2, 0) is 6.54 Å². The SMILES string of the molecule is COc1cc(CNC(C)(C)CO)ccc1/C(N)=N/O. The summed E-state index contributed by atoms with van der Waals surface area (Å²) in [6.45, 7) is 4.46. The first kappa shape index (κ1) is 15.3. The molecule has 0 aliphatic carbocycles. The van der Waals surface area contributed by atoms with Gasteiger partial charge in [0.1, 0.15) is 5.75 Å². The van der Waals surface area contributed by atoms with Crippen LogP contribution in [0, 0.1) is 0 Å². The van der Waals surface area contributed by atoms with Crippen LogP contribution in [0.4, 0.5) is 0 Å². The lowest BCUT2D eigenvalue weighted by atomic mass is 10.1. The number of nitrogens with one attached hydrogen (secondary N) is 1. The number of nitrogens with zero attached hydrogens (tertiary/aromatic N) is 1. The number of aliphatic hydroxyl groups excluding tert-OH is 1. The van der Waals surface area contributed by atoms with Crippen LogP contribution in [0.2, 0.25) is 0 Å². The zero-order valence-electron chi connectivity index (χ0n) is 11.5. The van der Waals surface area contributed by atoms with Crippen molar-refractivity contribution in [3.8, 4) is 5.75 Å². The predicted octanol–water partition coefficient (Wildman–Crippen LogP) is 0.650. The van der Waals surface area contributed by atoms with E-state index in [9.17, 15) is 5.11 Å². The number of amidine groups is 1. The topological polar surface area (TPSA) is 100 Å². The largest absolute Gasteiger partial charge is 0.496 e. The molecule has 0 aliphatic rings.